The Bertz CT molecular complexity index is 1130. The minimum Gasteiger partial charge on any atom is -0.481 e. The first-order valence-corrected chi connectivity index (χ1v) is 10.7. The summed E-state index contributed by atoms with van der Waals surface area (Å²) in [6, 6.07) is 16.0. The van der Waals surface area contributed by atoms with Gasteiger partial charge in [-0.05, 0) is 50.1 Å². The van der Waals surface area contributed by atoms with E-state index in [-0.39, 0.29) is 6.42 Å². The average molecular weight is 420 g/mol. The van der Waals surface area contributed by atoms with Crippen LogP contribution in [0.2, 0.25) is 0 Å². The Morgan fingerprint density at radius 3 is 2.74 bits per heavy atom. The zero-order chi connectivity index (χ0) is 21.6. The number of rotatable bonds is 9. The summed E-state index contributed by atoms with van der Waals surface area (Å²) in [6.45, 7) is 3.69. The van der Waals surface area contributed by atoms with Gasteiger partial charge in [0.05, 0.1) is 11.8 Å². The molecule has 31 heavy (non-hydrogen) atoms. The van der Waals surface area contributed by atoms with Crippen molar-refractivity contribution in [2.24, 2.45) is 0 Å². The molecule has 0 aliphatic carbocycles. The molecule has 0 fully saturated rings. The fourth-order valence-corrected chi connectivity index (χ4v) is 3.85. The summed E-state index contributed by atoms with van der Waals surface area (Å²) in [6.07, 6.45) is 8.51. The Labute approximate surface area is 181 Å². The molecule has 1 aliphatic heterocycles. The maximum Gasteiger partial charge on any atom is 0.374 e. The Hall–Kier alpha value is -3.54. The highest BCUT2D eigenvalue weighted by Crippen LogP contribution is 2.38. The number of hydrogen-bond acceptors (Lipinski definition) is 4. The van der Waals surface area contributed by atoms with Crippen LogP contribution in [0.5, 0.6) is 5.75 Å². The van der Waals surface area contributed by atoms with Crippen molar-refractivity contribution >= 4 is 28.8 Å². The van der Waals surface area contributed by atoms with E-state index >= 15 is 0 Å². The van der Waals surface area contributed by atoms with Crippen LogP contribution >= 0.6 is 0 Å². The van der Waals surface area contributed by atoms with Gasteiger partial charge in [-0.3, -0.25) is 4.79 Å². The van der Waals surface area contributed by atoms with Crippen molar-refractivity contribution in [1.82, 2.24) is 0 Å². The number of oxazole rings is 1. The molecule has 0 bridgehead atoms. The van der Waals surface area contributed by atoms with E-state index in [0.717, 1.165) is 60.2 Å². The number of ether oxygens (including phenoxy) is 1. The van der Waals surface area contributed by atoms with Crippen LogP contribution in [-0.2, 0) is 11.3 Å². The van der Waals surface area contributed by atoms with Crippen molar-refractivity contribution in [2.45, 2.75) is 39.2 Å². The molecule has 0 amide bonds. The molecule has 0 unspecified atom stereocenters. The molecule has 1 aromatic heterocycles. The van der Waals surface area contributed by atoms with E-state index in [9.17, 15) is 4.79 Å². The van der Waals surface area contributed by atoms with Gasteiger partial charge >= 0.3 is 11.9 Å². The van der Waals surface area contributed by atoms with Gasteiger partial charge in [-0.25, -0.2) is 0 Å². The van der Waals surface area contributed by atoms with Crippen LogP contribution in [0.15, 0.2) is 71.0 Å². The lowest BCUT2D eigenvalue weighted by molar-refractivity contribution is -0.678. The van der Waals surface area contributed by atoms with E-state index in [4.69, 9.17) is 14.3 Å². The zero-order valence-corrected chi connectivity index (χ0v) is 17.7. The Balaban J connectivity index is 1.52. The molecule has 4 rings (SSSR count). The third-order valence-electron chi connectivity index (χ3n) is 5.34. The van der Waals surface area contributed by atoms with Crippen LogP contribution in [0, 0.1) is 0 Å². The second kappa shape index (κ2) is 9.51. The van der Waals surface area contributed by atoms with Crippen molar-refractivity contribution in [3.8, 4) is 5.75 Å². The number of allylic oxidation sites excluding steroid dienone is 2. The molecular weight excluding hydrogens is 392 g/mol. The predicted octanol–water partition coefficient (Wildman–Crippen LogP) is 5.14. The molecule has 6 heteroatoms. The minimum absolute atomic E-state index is 0.216. The highest BCUT2D eigenvalue weighted by atomic mass is 16.5. The van der Waals surface area contributed by atoms with Crippen LogP contribution in [0.1, 0.15) is 38.5 Å². The van der Waals surface area contributed by atoms with Crippen LogP contribution < -0.4 is 14.2 Å². The molecule has 0 saturated heterocycles. The fraction of sp³-hybridized carbons (Fsp3) is 0.280. The number of unbranched alkanes of at least 4 members (excludes halogenated alkanes) is 2. The first kappa shape index (κ1) is 20.7. The van der Waals surface area contributed by atoms with E-state index in [1.807, 2.05) is 60.7 Å². The molecule has 0 spiro atoms. The number of para-hydroxylation sites is 4. The predicted molar refractivity (Wildman–Crippen MR) is 120 cm³/mol. The lowest BCUT2D eigenvalue weighted by Gasteiger charge is -2.14. The van der Waals surface area contributed by atoms with E-state index in [1.54, 1.807) is 0 Å². The van der Waals surface area contributed by atoms with Gasteiger partial charge in [0.2, 0.25) is 11.5 Å². The summed E-state index contributed by atoms with van der Waals surface area (Å²) >= 11 is 0. The highest BCUT2D eigenvalue weighted by Gasteiger charge is 2.24. The van der Waals surface area contributed by atoms with Crippen molar-refractivity contribution in [3.63, 3.8) is 0 Å². The van der Waals surface area contributed by atoms with Crippen molar-refractivity contribution < 1.29 is 23.6 Å². The number of aromatic nitrogens is 1. The molecule has 3 aromatic rings. The van der Waals surface area contributed by atoms with E-state index in [2.05, 4.69) is 22.5 Å². The maximum atomic E-state index is 10.7. The monoisotopic (exact) mass is 419 g/mol. The zero-order valence-electron chi connectivity index (χ0n) is 17.7. The third-order valence-corrected chi connectivity index (χ3v) is 5.34. The number of carboxylic acids is 1. The van der Waals surface area contributed by atoms with Gasteiger partial charge in [-0.2, -0.15) is 4.57 Å². The van der Waals surface area contributed by atoms with Crippen LogP contribution in [0.4, 0.5) is 5.69 Å². The van der Waals surface area contributed by atoms with Crippen LogP contribution in [-0.4, -0.2) is 17.6 Å². The smallest absolute Gasteiger partial charge is 0.374 e. The van der Waals surface area contributed by atoms with Gasteiger partial charge in [0.15, 0.2) is 12.3 Å². The number of anilines is 1. The summed E-state index contributed by atoms with van der Waals surface area (Å²) in [4.78, 5) is 12.8. The molecule has 2 heterocycles. The standard InChI is InChI=1S/C25H26N2O4/c1-2-26-19-11-5-7-13-21(19)30-23(26)15-10-16-24-27(18-9-3-4-17-25(28)29)20-12-6-8-14-22(20)31-24/h5-8,10-16H,2-4,9,17-18H2,1H3/p+1. The Morgan fingerprint density at radius 2 is 1.90 bits per heavy atom. The molecule has 0 saturated carbocycles. The van der Waals surface area contributed by atoms with Crippen molar-refractivity contribution in [2.75, 3.05) is 11.4 Å². The number of hydrogen-bond donors (Lipinski definition) is 1. The molecule has 1 aliphatic rings. The summed E-state index contributed by atoms with van der Waals surface area (Å²) < 4.78 is 14.2. The molecule has 160 valence electrons. The molecule has 1 N–H and O–H groups in total. The maximum absolute atomic E-state index is 10.7. The first-order chi connectivity index (χ1) is 15.2. The number of carboxylic acid groups (broad SMARTS) is 1. The quantitative estimate of drug-likeness (QED) is 0.384. The summed E-state index contributed by atoms with van der Waals surface area (Å²) in [7, 11) is 0. The van der Waals surface area contributed by atoms with E-state index < -0.39 is 5.97 Å². The second-order valence-electron chi connectivity index (χ2n) is 7.44. The number of benzene rings is 2. The van der Waals surface area contributed by atoms with Crippen molar-refractivity contribution in [3.05, 3.63) is 72.5 Å². The summed E-state index contributed by atoms with van der Waals surface area (Å²) in [5.41, 5.74) is 2.94. The molecule has 2 aromatic carbocycles. The number of nitrogens with zero attached hydrogens (tertiary/aromatic N) is 2. The normalized spacial score (nSPS) is 14.5. The van der Waals surface area contributed by atoms with Crippen LogP contribution in [0.25, 0.3) is 17.2 Å². The number of carbonyl (C=O) groups is 1. The van der Waals surface area contributed by atoms with Gasteiger partial charge < -0.3 is 19.2 Å². The van der Waals surface area contributed by atoms with Gasteiger partial charge in [0.25, 0.3) is 5.52 Å². The summed E-state index contributed by atoms with van der Waals surface area (Å²) in [5, 5.41) is 8.81. The number of fused-ring (bicyclic) bond motifs is 2. The molecule has 6 nitrogen and oxygen atoms in total. The van der Waals surface area contributed by atoms with Crippen molar-refractivity contribution in [1.29, 1.82) is 0 Å². The molecule has 0 radical (unpaired) electrons. The second-order valence-corrected chi connectivity index (χ2v) is 7.44. The van der Waals surface area contributed by atoms with Gasteiger partial charge in [-0.1, -0.05) is 24.3 Å². The molecular formula is C25H27N2O4+. The highest BCUT2D eigenvalue weighted by molar-refractivity contribution is 5.70. The third kappa shape index (κ3) is 4.63. The summed E-state index contributed by atoms with van der Waals surface area (Å²) in [5.74, 6) is 1.67. The SMILES string of the molecule is CCN1C(=CC=Cc2oc3ccccc3[n+]2CCCCCC(=O)O)Oc2ccccc21. The average Bonchev–Trinajstić information content (AvgIpc) is 3.31. The fourth-order valence-electron chi connectivity index (χ4n) is 3.85. The largest absolute Gasteiger partial charge is 0.481 e. The lowest BCUT2D eigenvalue weighted by Crippen LogP contribution is -2.35. The number of aliphatic carboxylic acids is 1. The van der Waals surface area contributed by atoms with Gasteiger partial charge in [0.1, 0.15) is 0 Å². The van der Waals surface area contributed by atoms with E-state index in [1.165, 1.54) is 0 Å². The van der Waals surface area contributed by atoms with Crippen LogP contribution in [0.3, 0.4) is 0 Å². The minimum atomic E-state index is -0.740. The number of aryl methyl sites for hydroxylation is 1. The Kier molecular flexibility index (Phi) is 6.36. The first-order valence-electron chi connectivity index (χ1n) is 10.7. The molecule has 0 atom stereocenters. The Morgan fingerprint density at radius 1 is 1.10 bits per heavy atom. The topological polar surface area (TPSA) is 66.8 Å². The van der Waals surface area contributed by atoms with Gasteiger partial charge in [-0.15, -0.1) is 0 Å². The lowest BCUT2D eigenvalue weighted by atomic mass is 10.2. The van der Waals surface area contributed by atoms with E-state index in [0.29, 0.717) is 6.42 Å². The van der Waals surface area contributed by atoms with Gasteiger partial charge in [0, 0.05) is 25.5 Å².